The van der Waals surface area contributed by atoms with E-state index in [1.54, 1.807) is 47.0 Å². The van der Waals surface area contributed by atoms with E-state index in [1.807, 2.05) is 0 Å². The Morgan fingerprint density at radius 2 is 2.00 bits per heavy atom. The van der Waals surface area contributed by atoms with Gasteiger partial charge in [0.05, 0.1) is 42.1 Å². The minimum atomic E-state index is -0.433. The number of hydrogen-bond acceptors (Lipinski definition) is 5. The van der Waals surface area contributed by atoms with Gasteiger partial charge < -0.3 is 14.0 Å². The Bertz CT molecular complexity index is 1130. The number of nitrogens with zero attached hydrogens (tertiary/aromatic N) is 2. The van der Waals surface area contributed by atoms with Crippen LogP contribution in [0, 0.1) is 12.3 Å². The highest BCUT2D eigenvalue weighted by Gasteiger charge is 2.14. The molecule has 6 nitrogen and oxygen atoms in total. The maximum Gasteiger partial charge on any atom is 0.337 e. The summed E-state index contributed by atoms with van der Waals surface area (Å²) in [5.74, 6) is 2.15. The number of terminal acetylenes is 1. The van der Waals surface area contributed by atoms with E-state index in [0.717, 1.165) is 10.2 Å². The molecule has 2 aromatic carbocycles. The first-order valence-electron chi connectivity index (χ1n) is 7.96. The molecule has 3 aromatic rings. The Balaban J connectivity index is 2.16. The first kappa shape index (κ1) is 18.4. The summed E-state index contributed by atoms with van der Waals surface area (Å²) >= 11 is 1.27. The van der Waals surface area contributed by atoms with Crippen LogP contribution < -0.4 is 9.54 Å². The number of ether oxygens (including phenoxy) is 2. The van der Waals surface area contributed by atoms with E-state index in [-0.39, 0.29) is 6.54 Å². The van der Waals surface area contributed by atoms with Gasteiger partial charge in [-0.15, -0.1) is 6.42 Å². The Labute approximate surface area is 159 Å². The van der Waals surface area contributed by atoms with Crippen molar-refractivity contribution in [3.63, 3.8) is 0 Å². The predicted octanol–water partition coefficient (Wildman–Crippen LogP) is 2.87. The van der Waals surface area contributed by atoms with Crippen molar-refractivity contribution >= 4 is 33.4 Å². The number of esters is 1. The molecule has 0 spiro atoms. The van der Waals surface area contributed by atoms with Crippen LogP contribution in [0.5, 0.6) is 5.75 Å². The number of rotatable bonds is 4. The number of thiazole rings is 1. The molecule has 0 bridgehead atoms. The maximum atomic E-state index is 12.7. The van der Waals surface area contributed by atoms with Gasteiger partial charge in [0, 0.05) is 0 Å². The molecular formula is C20H16N2O4S. The SMILES string of the molecule is C#CCn1c(=NC(=O)c2ccccc2OC)sc2cc(C(=O)OC)ccc21. The topological polar surface area (TPSA) is 69.9 Å². The lowest BCUT2D eigenvalue weighted by Crippen LogP contribution is -2.16. The first-order valence-corrected chi connectivity index (χ1v) is 8.78. The number of amides is 1. The second-order valence-corrected chi connectivity index (χ2v) is 6.48. The highest BCUT2D eigenvalue weighted by molar-refractivity contribution is 7.16. The second-order valence-electron chi connectivity index (χ2n) is 5.47. The number of hydrogen-bond donors (Lipinski definition) is 0. The number of fused-ring (bicyclic) bond motifs is 1. The van der Waals surface area contributed by atoms with Gasteiger partial charge in [0.1, 0.15) is 5.75 Å². The van der Waals surface area contributed by atoms with Crippen LogP contribution >= 0.6 is 11.3 Å². The van der Waals surface area contributed by atoms with Gasteiger partial charge in [-0.25, -0.2) is 4.79 Å². The molecule has 0 aliphatic carbocycles. The summed E-state index contributed by atoms with van der Waals surface area (Å²) in [6.07, 6.45) is 5.48. The van der Waals surface area contributed by atoms with Gasteiger partial charge in [0.15, 0.2) is 4.80 Å². The van der Waals surface area contributed by atoms with Crippen LogP contribution in [0.15, 0.2) is 47.5 Å². The van der Waals surface area contributed by atoms with Crippen molar-refractivity contribution in [2.75, 3.05) is 14.2 Å². The average molecular weight is 380 g/mol. The number of carbonyl (C=O) groups is 2. The molecular weight excluding hydrogens is 364 g/mol. The first-order chi connectivity index (χ1) is 13.1. The molecule has 0 N–H and O–H groups in total. The monoisotopic (exact) mass is 380 g/mol. The summed E-state index contributed by atoms with van der Waals surface area (Å²) in [6, 6.07) is 12.0. The van der Waals surface area contributed by atoms with Gasteiger partial charge in [-0.3, -0.25) is 4.79 Å². The molecule has 0 atom stereocenters. The molecule has 0 aliphatic rings. The number of para-hydroxylation sites is 1. The van der Waals surface area contributed by atoms with Crippen LogP contribution in [-0.4, -0.2) is 30.7 Å². The maximum absolute atomic E-state index is 12.7. The number of methoxy groups -OCH3 is 2. The van der Waals surface area contributed by atoms with E-state index < -0.39 is 11.9 Å². The van der Waals surface area contributed by atoms with Gasteiger partial charge in [0.2, 0.25) is 0 Å². The van der Waals surface area contributed by atoms with Crippen molar-refractivity contribution in [3.8, 4) is 18.1 Å². The molecule has 0 saturated heterocycles. The van der Waals surface area contributed by atoms with Gasteiger partial charge in [-0.2, -0.15) is 4.99 Å². The standard InChI is InChI=1S/C20H16N2O4S/c1-4-11-22-15-10-9-13(19(24)26-3)12-17(15)27-20(22)21-18(23)14-7-5-6-8-16(14)25-2/h1,5-10,12H,11H2,2-3H3. The van der Waals surface area contributed by atoms with Crippen LogP contribution in [0.25, 0.3) is 10.2 Å². The molecule has 1 amide bonds. The van der Waals surface area contributed by atoms with Crippen LogP contribution in [0.1, 0.15) is 20.7 Å². The fourth-order valence-corrected chi connectivity index (χ4v) is 3.68. The fraction of sp³-hybridized carbons (Fsp3) is 0.150. The minimum Gasteiger partial charge on any atom is -0.496 e. The minimum absolute atomic E-state index is 0.246. The quantitative estimate of drug-likeness (QED) is 0.516. The summed E-state index contributed by atoms with van der Waals surface area (Å²) < 4.78 is 12.5. The van der Waals surface area contributed by atoms with Gasteiger partial charge in [-0.05, 0) is 30.3 Å². The lowest BCUT2D eigenvalue weighted by Gasteiger charge is -2.04. The molecule has 7 heteroatoms. The summed E-state index contributed by atoms with van der Waals surface area (Å²) in [6.45, 7) is 0.246. The van der Waals surface area contributed by atoms with Crippen molar-refractivity contribution in [2.24, 2.45) is 4.99 Å². The third kappa shape index (κ3) is 3.61. The normalized spacial score (nSPS) is 11.2. The molecule has 0 fully saturated rings. The fourth-order valence-electron chi connectivity index (χ4n) is 2.62. The van der Waals surface area contributed by atoms with Gasteiger partial charge in [-0.1, -0.05) is 29.4 Å². The highest BCUT2D eigenvalue weighted by Crippen LogP contribution is 2.21. The van der Waals surface area contributed by atoms with Crippen LogP contribution in [0.4, 0.5) is 0 Å². The molecule has 0 radical (unpaired) electrons. The predicted molar refractivity (Wildman–Crippen MR) is 103 cm³/mol. The van der Waals surface area contributed by atoms with E-state index in [1.165, 1.54) is 25.6 Å². The Hall–Kier alpha value is -3.37. The molecule has 0 aliphatic heterocycles. The van der Waals surface area contributed by atoms with Gasteiger partial charge in [0.25, 0.3) is 5.91 Å². The van der Waals surface area contributed by atoms with Crippen molar-refractivity contribution in [1.29, 1.82) is 0 Å². The van der Waals surface area contributed by atoms with Crippen LogP contribution in [0.3, 0.4) is 0 Å². The van der Waals surface area contributed by atoms with Crippen LogP contribution in [-0.2, 0) is 11.3 Å². The van der Waals surface area contributed by atoms with E-state index in [4.69, 9.17) is 15.9 Å². The molecule has 136 valence electrons. The smallest absolute Gasteiger partial charge is 0.337 e. The number of benzene rings is 2. The average Bonchev–Trinajstić information content (AvgIpc) is 3.03. The molecule has 1 heterocycles. The summed E-state index contributed by atoms with van der Waals surface area (Å²) in [5.41, 5.74) is 1.57. The van der Waals surface area contributed by atoms with Crippen molar-refractivity contribution in [2.45, 2.75) is 6.54 Å². The van der Waals surface area contributed by atoms with E-state index >= 15 is 0 Å². The molecule has 0 saturated carbocycles. The lowest BCUT2D eigenvalue weighted by atomic mass is 10.2. The Kier molecular flexibility index (Phi) is 5.38. The second kappa shape index (κ2) is 7.89. The lowest BCUT2D eigenvalue weighted by molar-refractivity contribution is 0.0601. The Morgan fingerprint density at radius 3 is 2.70 bits per heavy atom. The molecule has 0 unspecified atom stereocenters. The largest absolute Gasteiger partial charge is 0.496 e. The molecule has 27 heavy (non-hydrogen) atoms. The number of aromatic nitrogens is 1. The van der Waals surface area contributed by atoms with Gasteiger partial charge >= 0.3 is 5.97 Å². The van der Waals surface area contributed by atoms with Crippen molar-refractivity contribution in [1.82, 2.24) is 4.57 Å². The van der Waals surface area contributed by atoms with Crippen molar-refractivity contribution in [3.05, 3.63) is 58.4 Å². The summed E-state index contributed by atoms with van der Waals surface area (Å²) in [7, 11) is 2.82. The van der Waals surface area contributed by atoms with Crippen molar-refractivity contribution < 1.29 is 19.1 Å². The molecule has 1 aromatic heterocycles. The third-order valence-electron chi connectivity index (χ3n) is 3.89. The zero-order valence-electron chi connectivity index (χ0n) is 14.8. The number of carbonyl (C=O) groups excluding carboxylic acids is 2. The summed E-state index contributed by atoms with van der Waals surface area (Å²) in [5, 5.41) is 0. The summed E-state index contributed by atoms with van der Waals surface area (Å²) in [4.78, 5) is 29.1. The zero-order chi connectivity index (χ0) is 19.4. The van der Waals surface area contributed by atoms with E-state index in [2.05, 4.69) is 10.9 Å². The zero-order valence-corrected chi connectivity index (χ0v) is 15.6. The molecule has 3 rings (SSSR count). The Morgan fingerprint density at radius 1 is 1.22 bits per heavy atom. The highest BCUT2D eigenvalue weighted by atomic mass is 32.1. The van der Waals surface area contributed by atoms with Crippen LogP contribution in [0.2, 0.25) is 0 Å². The van der Waals surface area contributed by atoms with E-state index in [0.29, 0.717) is 21.7 Å². The van der Waals surface area contributed by atoms with E-state index in [9.17, 15) is 9.59 Å². The third-order valence-corrected chi connectivity index (χ3v) is 4.93.